The first-order valence-corrected chi connectivity index (χ1v) is 10.4. The molecule has 6 nitrogen and oxygen atoms in total. The Labute approximate surface area is 158 Å². The summed E-state index contributed by atoms with van der Waals surface area (Å²) in [6, 6.07) is 4.76. The number of ether oxygens (including phenoxy) is 1. The molecule has 0 saturated carbocycles. The highest BCUT2D eigenvalue weighted by Crippen LogP contribution is 2.26. The van der Waals surface area contributed by atoms with E-state index in [-0.39, 0.29) is 24.3 Å². The zero-order valence-corrected chi connectivity index (χ0v) is 16.6. The van der Waals surface area contributed by atoms with Crippen LogP contribution in [-0.4, -0.2) is 62.1 Å². The number of carbonyl (C=O) groups is 1. The van der Waals surface area contributed by atoms with Crippen LogP contribution in [0.4, 0.5) is 0 Å². The molecule has 0 radical (unpaired) electrons. The third-order valence-corrected chi connectivity index (χ3v) is 7.03. The van der Waals surface area contributed by atoms with E-state index in [0.29, 0.717) is 41.7 Å². The van der Waals surface area contributed by atoms with Crippen molar-refractivity contribution in [3.8, 4) is 5.75 Å². The Bertz CT molecular complexity index is 719. The van der Waals surface area contributed by atoms with Crippen molar-refractivity contribution in [1.82, 2.24) is 9.21 Å². The quantitative estimate of drug-likeness (QED) is 0.725. The van der Waals surface area contributed by atoms with Gasteiger partial charge in [0.1, 0.15) is 5.75 Å². The van der Waals surface area contributed by atoms with Gasteiger partial charge in [0, 0.05) is 32.2 Å². The molecule has 25 heavy (non-hydrogen) atoms. The molecule has 1 saturated heterocycles. The van der Waals surface area contributed by atoms with Crippen LogP contribution in [-0.2, 0) is 14.8 Å². The van der Waals surface area contributed by atoms with Crippen molar-refractivity contribution in [2.75, 3.05) is 32.5 Å². The average Bonchev–Trinajstić information content (AvgIpc) is 2.62. The number of benzene rings is 1. The second-order valence-electron chi connectivity index (χ2n) is 5.89. The minimum atomic E-state index is -3.21. The molecule has 0 aromatic heterocycles. The second kappa shape index (κ2) is 8.58. The third kappa shape index (κ3) is 5.23. The van der Waals surface area contributed by atoms with E-state index in [0.717, 1.165) is 0 Å². The SMILES string of the molecule is CCS(=O)(=O)N(C)C1CCN(C(=O)COc2ccc(Cl)c(Cl)c2)CC1. The minimum absolute atomic E-state index is 0.0648. The van der Waals surface area contributed by atoms with E-state index >= 15 is 0 Å². The molecule has 0 N–H and O–H groups in total. The summed E-state index contributed by atoms with van der Waals surface area (Å²) in [5, 5.41) is 0.793. The summed E-state index contributed by atoms with van der Waals surface area (Å²) in [5.41, 5.74) is 0. The van der Waals surface area contributed by atoms with Gasteiger partial charge in [-0.3, -0.25) is 4.79 Å². The highest BCUT2D eigenvalue weighted by molar-refractivity contribution is 7.89. The lowest BCUT2D eigenvalue weighted by Gasteiger charge is -2.36. The lowest BCUT2D eigenvalue weighted by molar-refractivity contribution is -0.134. The van der Waals surface area contributed by atoms with Crippen LogP contribution in [0.15, 0.2) is 18.2 Å². The number of hydrogen-bond donors (Lipinski definition) is 0. The van der Waals surface area contributed by atoms with Crippen molar-refractivity contribution in [2.24, 2.45) is 0 Å². The fourth-order valence-electron chi connectivity index (χ4n) is 2.71. The van der Waals surface area contributed by atoms with Crippen LogP contribution >= 0.6 is 23.2 Å². The molecule has 1 aromatic carbocycles. The number of carbonyl (C=O) groups excluding carboxylic acids is 1. The third-order valence-electron chi connectivity index (χ3n) is 4.39. The first kappa shape index (κ1) is 20.3. The van der Waals surface area contributed by atoms with Crippen molar-refractivity contribution < 1.29 is 17.9 Å². The average molecular weight is 409 g/mol. The van der Waals surface area contributed by atoms with Gasteiger partial charge in [-0.05, 0) is 31.9 Å². The molecule has 1 aliphatic heterocycles. The van der Waals surface area contributed by atoms with E-state index in [1.54, 1.807) is 37.1 Å². The summed E-state index contributed by atoms with van der Waals surface area (Å²) in [7, 11) is -1.60. The van der Waals surface area contributed by atoms with Crippen molar-refractivity contribution in [1.29, 1.82) is 0 Å². The van der Waals surface area contributed by atoms with E-state index in [2.05, 4.69) is 0 Å². The van der Waals surface area contributed by atoms with Crippen LogP contribution in [0.2, 0.25) is 10.0 Å². The second-order valence-corrected chi connectivity index (χ2v) is 9.02. The summed E-state index contributed by atoms with van der Waals surface area (Å²) in [6.07, 6.45) is 1.24. The van der Waals surface area contributed by atoms with Crippen LogP contribution in [0, 0.1) is 0 Å². The number of rotatable bonds is 6. The molecule has 0 unspecified atom stereocenters. The molecule has 1 amide bonds. The fraction of sp³-hybridized carbons (Fsp3) is 0.562. The molecule has 1 heterocycles. The topological polar surface area (TPSA) is 66.9 Å². The predicted octanol–water partition coefficient (Wildman–Crippen LogP) is 2.64. The molecule has 1 aliphatic rings. The molecule has 1 aromatic rings. The molecule has 9 heteroatoms. The van der Waals surface area contributed by atoms with Gasteiger partial charge in [0.15, 0.2) is 6.61 Å². The van der Waals surface area contributed by atoms with Crippen molar-refractivity contribution >= 4 is 39.1 Å². The van der Waals surface area contributed by atoms with Gasteiger partial charge in [0.05, 0.1) is 15.8 Å². The summed E-state index contributed by atoms with van der Waals surface area (Å²) in [4.78, 5) is 14.0. The first-order valence-electron chi connectivity index (χ1n) is 8.06. The van der Waals surface area contributed by atoms with Crippen molar-refractivity contribution in [2.45, 2.75) is 25.8 Å². The van der Waals surface area contributed by atoms with Crippen molar-refractivity contribution in [3.05, 3.63) is 28.2 Å². The molecular formula is C16H22Cl2N2O4S. The number of likely N-dealkylation sites (tertiary alicyclic amines) is 1. The maximum Gasteiger partial charge on any atom is 0.260 e. The fourth-order valence-corrected chi connectivity index (χ4v) is 4.07. The monoisotopic (exact) mass is 408 g/mol. The number of hydrogen-bond acceptors (Lipinski definition) is 4. The van der Waals surface area contributed by atoms with E-state index < -0.39 is 10.0 Å². The lowest BCUT2D eigenvalue weighted by atomic mass is 10.1. The molecule has 0 aliphatic carbocycles. The van der Waals surface area contributed by atoms with E-state index in [4.69, 9.17) is 27.9 Å². The van der Waals surface area contributed by atoms with Crippen LogP contribution in [0.1, 0.15) is 19.8 Å². The Morgan fingerprint density at radius 3 is 2.48 bits per heavy atom. The smallest absolute Gasteiger partial charge is 0.260 e. The number of halogens is 2. The zero-order valence-electron chi connectivity index (χ0n) is 14.2. The van der Waals surface area contributed by atoms with Crippen molar-refractivity contribution in [3.63, 3.8) is 0 Å². The molecule has 2 rings (SSSR count). The number of amides is 1. The first-order chi connectivity index (χ1) is 11.7. The highest BCUT2D eigenvalue weighted by atomic mass is 35.5. The Morgan fingerprint density at radius 2 is 1.92 bits per heavy atom. The van der Waals surface area contributed by atoms with E-state index in [1.807, 2.05) is 0 Å². The molecule has 0 atom stereocenters. The van der Waals surface area contributed by atoms with Crippen LogP contribution in [0.5, 0.6) is 5.75 Å². The standard InChI is InChI=1S/C16H22Cl2N2O4S/c1-3-25(22,23)19(2)12-6-8-20(9-7-12)16(21)11-24-13-4-5-14(17)15(18)10-13/h4-5,10,12H,3,6-9,11H2,1-2H3. The van der Waals surface area contributed by atoms with Gasteiger partial charge in [0.2, 0.25) is 10.0 Å². The number of sulfonamides is 1. The maximum absolute atomic E-state index is 12.3. The van der Waals surface area contributed by atoms with Crippen LogP contribution in [0.3, 0.4) is 0 Å². The molecule has 140 valence electrons. The van der Waals surface area contributed by atoms with Crippen LogP contribution < -0.4 is 4.74 Å². The normalized spacial score (nSPS) is 16.3. The van der Waals surface area contributed by atoms with Gasteiger partial charge in [0.25, 0.3) is 5.91 Å². The highest BCUT2D eigenvalue weighted by Gasteiger charge is 2.30. The van der Waals surface area contributed by atoms with Gasteiger partial charge in [-0.1, -0.05) is 23.2 Å². The van der Waals surface area contributed by atoms with Gasteiger partial charge in [-0.2, -0.15) is 0 Å². The Balaban J connectivity index is 1.84. The maximum atomic E-state index is 12.3. The van der Waals surface area contributed by atoms with Gasteiger partial charge in [-0.15, -0.1) is 0 Å². The van der Waals surface area contributed by atoms with Gasteiger partial charge < -0.3 is 9.64 Å². The largest absolute Gasteiger partial charge is 0.484 e. The molecular weight excluding hydrogens is 387 g/mol. The molecule has 0 bridgehead atoms. The Hall–Kier alpha value is -1.02. The van der Waals surface area contributed by atoms with E-state index in [1.165, 1.54) is 4.31 Å². The summed E-state index contributed by atoms with van der Waals surface area (Å²) in [6.45, 7) is 2.56. The summed E-state index contributed by atoms with van der Waals surface area (Å²) < 4.78 is 30.8. The Kier molecular flexibility index (Phi) is 6.96. The molecule has 1 fully saturated rings. The molecule has 0 spiro atoms. The minimum Gasteiger partial charge on any atom is -0.484 e. The summed E-state index contributed by atoms with van der Waals surface area (Å²) in [5.74, 6) is 0.428. The van der Waals surface area contributed by atoms with Gasteiger partial charge >= 0.3 is 0 Å². The number of nitrogens with zero attached hydrogens (tertiary/aromatic N) is 2. The number of piperidine rings is 1. The predicted molar refractivity (Wildman–Crippen MR) is 98.8 cm³/mol. The van der Waals surface area contributed by atoms with Gasteiger partial charge in [-0.25, -0.2) is 12.7 Å². The van der Waals surface area contributed by atoms with E-state index in [9.17, 15) is 13.2 Å². The lowest BCUT2D eigenvalue weighted by Crippen LogP contribution is -2.48. The Morgan fingerprint density at radius 1 is 1.28 bits per heavy atom. The zero-order chi connectivity index (χ0) is 18.6. The van der Waals surface area contributed by atoms with Crippen LogP contribution in [0.25, 0.3) is 0 Å². The summed E-state index contributed by atoms with van der Waals surface area (Å²) >= 11 is 11.7.